The number of hydrogen-bond acceptors (Lipinski definition) is 0. The van der Waals surface area contributed by atoms with E-state index in [9.17, 15) is 0 Å². The van der Waals surface area contributed by atoms with Crippen LogP contribution in [0.4, 0.5) is 0 Å². The predicted molar refractivity (Wildman–Crippen MR) is 68.9 cm³/mol. The van der Waals surface area contributed by atoms with Gasteiger partial charge in [0.15, 0.2) is 0 Å². The van der Waals surface area contributed by atoms with Crippen LogP contribution >= 0.6 is 0 Å². The van der Waals surface area contributed by atoms with Crippen molar-refractivity contribution in [2.75, 3.05) is 0 Å². The molecule has 0 bridgehead atoms. The minimum absolute atomic E-state index is 0.627. The summed E-state index contributed by atoms with van der Waals surface area (Å²) in [6.07, 6.45) is 5.59. The Kier molecular flexibility index (Phi) is 4.26. The summed E-state index contributed by atoms with van der Waals surface area (Å²) in [6.45, 7) is 14.6. The normalized spacial score (nSPS) is 43.2. The van der Waals surface area contributed by atoms with Gasteiger partial charge in [-0.15, -0.1) is 0 Å². The lowest BCUT2D eigenvalue weighted by atomic mass is 9.75. The molecule has 90 valence electrons. The van der Waals surface area contributed by atoms with E-state index in [4.69, 9.17) is 0 Å². The summed E-state index contributed by atoms with van der Waals surface area (Å²) in [5, 5.41) is 0. The van der Waals surface area contributed by atoms with E-state index in [1.807, 2.05) is 0 Å². The van der Waals surface area contributed by atoms with Gasteiger partial charge in [-0.1, -0.05) is 54.4 Å². The van der Waals surface area contributed by atoms with Gasteiger partial charge in [0.05, 0.1) is 0 Å². The molecule has 1 rings (SSSR count). The summed E-state index contributed by atoms with van der Waals surface area (Å²) in [5.74, 6) is 3.73. The van der Waals surface area contributed by atoms with E-state index in [-0.39, 0.29) is 0 Å². The first-order chi connectivity index (χ1) is 6.96. The molecule has 0 aromatic carbocycles. The van der Waals surface area contributed by atoms with Crippen molar-refractivity contribution in [2.24, 2.45) is 29.1 Å². The van der Waals surface area contributed by atoms with Crippen LogP contribution in [0.2, 0.25) is 0 Å². The fraction of sp³-hybridized carbons (Fsp3) is 1.00. The zero-order valence-electron chi connectivity index (χ0n) is 11.6. The van der Waals surface area contributed by atoms with Crippen LogP contribution in [-0.4, -0.2) is 0 Å². The molecule has 1 fully saturated rings. The van der Waals surface area contributed by atoms with Crippen LogP contribution in [0.5, 0.6) is 0 Å². The van der Waals surface area contributed by atoms with E-state index >= 15 is 0 Å². The fourth-order valence-corrected chi connectivity index (χ4v) is 3.84. The maximum absolute atomic E-state index is 2.53. The Bertz CT molecular complexity index is 196. The largest absolute Gasteiger partial charge is 0.0654 e. The summed E-state index contributed by atoms with van der Waals surface area (Å²) < 4.78 is 0. The van der Waals surface area contributed by atoms with Gasteiger partial charge in [-0.2, -0.15) is 0 Å². The first-order valence-corrected chi connectivity index (χ1v) is 6.96. The van der Waals surface area contributed by atoms with Crippen LogP contribution in [0.1, 0.15) is 67.2 Å². The van der Waals surface area contributed by atoms with Gasteiger partial charge in [-0.3, -0.25) is 0 Å². The highest BCUT2D eigenvalue weighted by Crippen LogP contribution is 2.54. The highest BCUT2D eigenvalue weighted by atomic mass is 14.5. The molecular formula is C15H30. The third kappa shape index (κ3) is 2.40. The van der Waals surface area contributed by atoms with Crippen molar-refractivity contribution >= 4 is 0 Å². The minimum atomic E-state index is 0.627. The highest BCUT2D eigenvalue weighted by Gasteiger charge is 2.46. The molecule has 5 atom stereocenters. The topological polar surface area (TPSA) is 0 Å². The lowest BCUT2D eigenvalue weighted by molar-refractivity contribution is 0.199. The van der Waals surface area contributed by atoms with E-state index in [1.54, 1.807) is 0 Å². The van der Waals surface area contributed by atoms with Crippen molar-refractivity contribution in [3.8, 4) is 0 Å². The summed E-state index contributed by atoms with van der Waals surface area (Å²) in [6, 6.07) is 0. The molecule has 0 N–H and O–H groups in total. The van der Waals surface area contributed by atoms with Gasteiger partial charge in [0, 0.05) is 0 Å². The van der Waals surface area contributed by atoms with Crippen LogP contribution in [0, 0.1) is 29.1 Å². The smallest absolute Gasteiger partial charge is 0.0295 e. The highest BCUT2D eigenvalue weighted by molar-refractivity contribution is 4.95. The Hall–Kier alpha value is 0. The average Bonchev–Trinajstić information content (AvgIpc) is 2.43. The standard InChI is InChI=1S/C15H30/c1-7-9-15(6)10-14(11(3)8-2)12(4)13(15)5/h11-14H,7-10H2,1-6H3. The molecule has 0 saturated heterocycles. The van der Waals surface area contributed by atoms with Crippen LogP contribution in [0.15, 0.2) is 0 Å². The lowest BCUT2D eigenvalue weighted by Crippen LogP contribution is -2.21. The molecule has 0 heterocycles. The molecule has 1 aliphatic rings. The molecule has 0 aliphatic heterocycles. The average molecular weight is 210 g/mol. The second kappa shape index (κ2) is 4.89. The van der Waals surface area contributed by atoms with Crippen LogP contribution in [0.3, 0.4) is 0 Å². The van der Waals surface area contributed by atoms with E-state index in [0.717, 1.165) is 23.7 Å². The lowest BCUT2D eigenvalue weighted by Gasteiger charge is -2.30. The Morgan fingerprint density at radius 2 is 1.87 bits per heavy atom. The maximum Gasteiger partial charge on any atom is -0.0295 e. The molecule has 0 nitrogen and oxygen atoms in total. The minimum Gasteiger partial charge on any atom is -0.0654 e. The SMILES string of the molecule is CCCC1(C)CC(C(C)CC)C(C)C1C. The summed E-state index contributed by atoms with van der Waals surface area (Å²) in [4.78, 5) is 0. The zero-order chi connectivity index (χ0) is 11.6. The number of rotatable bonds is 4. The Labute approximate surface area is 96.8 Å². The predicted octanol–water partition coefficient (Wildman–Crippen LogP) is 5.13. The molecule has 0 amide bonds. The van der Waals surface area contributed by atoms with Gasteiger partial charge in [-0.25, -0.2) is 0 Å². The van der Waals surface area contributed by atoms with Gasteiger partial charge in [0.1, 0.15) is 0 Å². The maximum atomic E-state index is 2.53. The van der Waals surface area contributed by atoms with Crippen molar-refractivity contribution < 1.29 is 0 Å². The van der Waals surface area contributed by atoms with E-state index in [0.29, 0.717) is 5.41 Å². The fourth-order valence-electron chi connectivity index (χ4n) is 3.84. The van der Waals surface area contributed by atoms with Crippen molar-refractivity contribution in [1.82, 2.24) is 0 Å². The first-order valence-electron chi connectivity index (χ1n) is 6.96. The van der Waals surface area contributed by atoms with Gasteiger partial charge in [-0.05, 0) is 41.9 Å². The van der Waals surface area contributed by atoms with Gasteiger partial charge in [0.2, 0.25) is 0 Å². The first kappa shape index (κ1) is 13.1. The molecule has 1 saturated carbocycles. The summed E-state index contributed by atoms with van der Waals surface area (Å²) >= 11 is 0. The van der Waals surface area contributed by atoms with Gasteiger partial charge >= 0.3 is 0 Å². The quantitative estimate of drug-likeness (QED) is 0.603. The zero-order valence-corrected chi connectivity index (χ0v) is 11.6. The second-order valence-electron chi connectivity index (χ2n) is 6.31. The molecule has 0 heteroatoms. The monoisotopic (exact) mass is 210 g/mol. The van der Waals surface area contributed by atoms with Crippen molar-refractivity contribution in [2.45, 2.75) is 67.2 Å². The molecule has 0 radical (unpaired) electrons. The Balaban J connectivity index is 2.74. The van der Waals surface area contributed by atoms with E-state index in [1.165, 1.54) is 25.7 Å². The second-order valence-corrected chi connectivity index (χ2v) is 6.31. The summed E-state index contributed by atoms with van der Waals surface area (Å²) in [7, 11) is 0. The Morgan fingerprint density at radius 3 is 2.33 bits per heavy atom. The number of hydrogen-bond donors (Lipinski definition) is 0. The molecule has 15 heavy (non-hydrogen) atoms. The van der Waals surface area contributed by atoms with Crippen molar-refractivity contribution in [1.29, 1.82) is 0 Å². The van der Waals surface area contributed by atoms with Crippen molar-refractivity contribution in [3.05, 3.63) is 0 Å². The molecule has 5 unspecified atom stereocenters. The van der Waals surface area contributed by atoms with Gasteiger partial charge in [0.25, 0.3) is 0 Å². The van der Waals surface area contributed by atoms with Crippen LogP contribution in [-0.2, 0) is 0 Å². The van der Waals surface area contributed by atoms with Crippen LogP contribution in [0.25, 0.3) is 0 Å². The molecule has 0 spiro atoms. The van der Waals surface area contributed by atoms with E-state index < -0.39 is 0 Å². The molecular weight excluding hydrogens is 180 g/mol. The van der Waals surface area contributed by atoms with Crippen LogP contribution < -0.4 is 0 Å². The third-order valence-electron chi connectivity index (χ3n) is 5.46. The van der Waals surface area contributed by atoms with Gasteiger partial charge < -0.3 is 0 Å². The molecule has 1 aliphatic carbocycles. The third-order valence-corrected chi connectivity index (χ3v) is 5.46. The molecule has 0 aromatic rings. The summed E-state index contributed by atoms with van der Waals surface area (Å²) in [5.41, 5.74) is 0.627. The Morgan fingerprint density at radius 1 is 1.27 bits per heavy atom. The van der Waals surface area contributed by atoms with E-state index in [2.05, 4.69) is 41.5 Å². The molecule has 0 aromatic heterocycles. The van der Waals surface area contributed by atoms with Crippen molar-refractivity contribution in [3.63, 3.8) is 0 Å².